The Balaban J connectivity index is 3.06. The van der Waals surface area contributed by atoms with Gasteiger partial charge in [-0.1, -0.05) is 0 Å². The summed E-state index contributed by atoms with van der Waals surface area (Å²) < 4.78 is 40.1. The van der Waals surface area contributed by atoms with Gasteiger partial charge in [-0.05, 0) is 32.6 Å². The zero-order valence-corrected chi connectivity index (χ0v) is 9.02. The Morgan fingerprint density at radius 3 is 2.27 bits per heavy atom. The van der Waals surface area contributed by atoms with E-state index in [1.165, 1.54) is 0 Å². The number of halogens is 3. The molecule has 0 aromatic rings. The minimum atomic E-state index is -4.07. The predicted molar refractivity (Wildman–Crippen MR) is 51.6 cm³/mol. The van der Waals surface area contributed by atoms with E-state index in [1.54, 1.807) is 6.92 Å². The Kier molecular flexibility index (Phi) is 7.78. The summed E-state index contributed by atoms with van der Waals surface area (Å²) in [5, 5.41) is 8.92. The van der Waals surface area contributed by atoms with Crippen LogP contribution in [0.4, 0.5) is 13.2 Å². The first-order valence-corrected chi connectivity index (χ1v) is 5.24. The van der Waals surface area contributed by atoms with Crippen molar-refractivity contribution in [1.29, 1.82) is 0 Å². The molecule has 0 heterocycles. The number of alkyl halides is 3. The maximum Gasteiger partial charge on any atom is 0.389 e. The van der Waals surface area contributed by atoms with E-state index >= 15 is 0 Å². The van der Waals surface area contributed by atoms with Gasteiger partial charge in [0, 0.05) is 19.6 Å². The Hall–Kier alpha value is -0.290. The molecule has 0 rings (SSSR count). The molecule has 0 saturated heterocycles. The molecule has 1 N–H and O–H groups in total. The number of ether oxygens (including phenoxy) is 1. The monoisotopic (exact) mass is 228 g/mol. The summed E-state index contributed by atoms with van der Waals surface area (Å²) in [6, 6.07) is 0. The largest absolute Gasteiger partial charge is 0.393 e. The van der Waals surface area contributed by atoms with E-state index < -0.39 is 12.6 Å². The number of aliphatic hydroxyl groups is 1. The van der Waals surface area contributed by atoms with Gasteiger partial charge in [-0.15, -0.1) is 0 Å². The van der Waals surface area contributed by atoms with Crippen LogP contribution >= 0.6 is 0 Å². The van der Waals surface area contributed by atoms with Crippen molar-refractivity contribution < 1.29 is 23.0 Å². The van der Waals surface area contributed by atoms with E-state index in [2.05, 4.69) is 0 Å². The van der Waals surface area contributed by atoms with Crippen LogP contribution in [0.3, 0.4) is 0 Å². The maximum absolute atomic E-state index is 11.7. The quantitative estimate of drug-likeness (QED) is 0.647. The van der Waals surface area contributed by atoms with Crippen molar-refractivity contribution in [2.24, 2.45) is 0 Å². The van der Waals surface area contributed by atoms with Gasteiger partial charge in [0.15, 0.2) is 0 Å². The van der Waals surface area contributed by atoms with Crippen molar-refractivity contribution >= 4 is 0 Å². The lowest BCUT2D eigenvalue weighted by atomic mass is 10.2. The van der Waals surface area contributed by atoms with Crippen LogP contribution in [0.5, 0.6) is 0 Å². The lowest BCUT2D eigenvalue weighted by molar-refractivity contribution is -0.137. The Morgan fingerprint density at radius 2 is 1.73 bits per heavy atom. The first-order valence-electron chi connectivity index (χ1n) is 5.24. The lowest BCUT2D eigenvalue weighted by Gasteiger charge is -2.07. The van der Waals surface area contributed by atoms with E-state index in [9.17, 15) is 13.2 Å². The van der Waals surface area contributed by atoms with Gasteiger partial charge >= 0.3 is 6.18 Å². The van der Waals surface area contributed by atoms with Crippen LogP contribution in [0.15, 0.2) is 0 Å². The van der Waals surface area contributed by atoms with Gasteiger partial charge in [0.25, 0.3) is 0 Å². The number of aliphatic hydroxyl groups excluding tert-OH is 1. The van der Waals surface area contributed by atoms with Crippen molar-refractivity contribution in [1.82, 2.24) is 0 Å². The summed E-state index contributed by atoms with van der Waals surface area (Å²) in [4.78, 5) is 0. The van der Waals surface area contributed by atoms with Crippen molar-refractivity contribution in [3.8, 4) is 0 Å². The maximum atomic E-state index is 11.7. The van der Waals surface area contributed by atoms with Crippen LogP contribution in [0.2, 0.25) is 0 Å². The Labute approximate surface area is 88.4 Å². The predicted octanol–water partition coefficient (Wildman–Crippen LogP) is 2.90. The molecular weight excluding hydrogens is 209 g/mol. The summed E-state index contributed by atoms with van der Waals surface area (Å²) >= 11 is 0. The van der Waals surface area contributed by atoms with Gasteiger partial charge in [-0.3, -0.25) is 0 Å². The smallest absolute Gasteiger partial charge is 0.389 e. The first-order chi connectivity index (χ1) is 6.92. The molecule has 0 aliphatic carbocycles. The molecule has 0 saturated carbocycles. The minimum absolute atomic E-state index is 0.0277. The van der Waals surface area contributed by atoms with Crippen molar-refractivity contribution in [3.63, 3.8) is 0 Å². The molecule has 0 fully saturated rings. The van der Waals surface area contributed by atoms with Gasteiger partial charge in [0.2, 0.25) is 0 Å². The Morgan fingerprint density at radius 1 is 1.13 bits per heavy atom. The highest BCUT2D eigenvalue weighted by Crippen LogP contribution is 2.20. The van der Waals surface area contributed by atoms with Gasteiger partial charge in [0.1, 0.15) is 0 Å². The molecule has 1 atom stereocenters. The fraction of sp³-hybridized carbons (Fsp3) is 1.00. The zero-order valence-electron chi connectivity index (χ0n) is 9.02. The first kappa shape index (κ1) is 14.7. The van der Waals surface area contributed by atoms with E-state index in [0.29, 0.717) is 13.0 Å². The molecule has 15 heavy (non-hydrogen) atoms. The second-order valence-electron chi connectivity index (χ2n) is 3.68. The van der Waals surface area contributed by atoms with Crippen molar-refractivity contribution in [2.45, 2.75) is 51.3 Å². The SMILES string of the molecule is CC(O)CCCCOCCCC(F)(F)F. The van der Waals surface area contributed by atoms with E-state index in [0.717, 1.165) is 12.8 Å². The molecule has 1 unspecified atom stereocenters. The molecule has 0 radical (unpaired) electrons. The summed E-state index contributed by atoms with van der Waals surface area (Å²) in [6.07, 6.45) is -2.79. The standard InChI is InChI=1S/C10H19F3O2/c1-9(14)5-2-3-7-15-8-4-6-10(11,12)13/h9,14H,2-8H2,1H3. The molecule has 0 bridgehead atoms. The summed E-state index contributed by atoms with van der Waals surface area (Å²) in [5.74, 6) is 0. The summed E-state index contributed by atoms with van der Waals surface area (Å²) in [5.41, 5.74) is 0. The van der Waals surface area contributed by atoms with E-state index in [1.807, 2.05) is 0 Å². The average molecular weight is 228 g/mol. The molecule has 92 valence electrons. The molecule has 0 aliphatic rings. The second-order valence-corrected chi connectivity index (χ2v) is 3.68. The average Bonchev–Trinajstić information content (AvgIpc) is 2.07. The van der Waals surface area contributed by atoms with E-state index in [-0.39, 0.29) is 19.1 Å². The highest BCUT2D eigenvalue weighted by molar-refractivity contribution is 4.50. The van der Waals surface area contributed by atoms with Gasteiger partial charge in [-0.25, -0.2) is 0 Å². The van der Waals surface area contributed by atoms with Crippen LogP contribution in [-0.4, -0.2) is 30.6 Å². The van der Waals surface area contributed by atoms with Crippen LogP contribution in [-0.2, 0) is 4.74 Å². The molecule has 0 aliphatic heterocycles. The second kappa shape index (κ2) is 7.93. The van der Waals surface area contributed by atoms with Crippen molar-refractivity contribution in [2.75, 3.05) is 13.2 Å². The molecule has 5 heteroatoms. The topological polar surface area (TPSA) is 29.5 Å². The number of hydrogen-bond acceptors (Lipinski definition) is 2. The molecular formula is C10H19F3O2. The third-order valence-corrected chi connectivity index (χ3v) is 1.91. The number of hydrogen-bond donors (Lipinski definition) is 1. The number of rotatable bonds is 8. The number of unbranched alkanes of at least 4 members (excludes halogenated alkanes) is 1. The Bertz CT molecular complexity index is 146. The molecule has 0 aromatic heterocycles. The summed E-state index contributed by atoms with van der Waals surface area (Å²) in [7, 11) is 0. The minimum Gasteiger partial charge on any atom is -0.393 e. The third-order valence-electron chi connectivity index (χ3n) is 1.91. The van der Waals surface area contributed by atoms with Gasteiger partial charge < -0.3 is 9.84 Å². The highest BCUT2D eigenvalue weighted by Gasteiger charge is 2.25. The fourth-order valence-electron chi connectivity index (χ4n) is 1.12. The van der Waals surface area contributed by atoms with Crippen molar-refractivity contribution in [3.05, 3.63) is 0 Å². The third kappa shape index (κ3) is 13.7. The zero-order chi connectivity index (χ0) is 11.7. The van der Waals surface area contributed by atoms with E-state index in [4.69, 9.17) is 9.84 Å². The fourth-order valence-corrected chi connectivity index (χ4v) is 1.12. The summed E-state index contributed by atoms with van der Waals surface area (Å²) in [6.45, 7) is 2.35. The normalized spacial score (nSPS) is 14.2. The van der Waals surface area contributed by atoms with Crippen LogP contribution in [0.25, 0.3) is 0 Å². The van der Waals surface area contributed by atoms with Crippen LogP contribution in [0.1, 0.15) is 39.0 Å². The molecule has 0 aromatic carbocycles. The van der Waals surface area contributed by atoms with Crippen LogP contribution in [0, 0.1) is 0 Å². The van der Waals surface area contributed by atoms with Crippen LogP contribution < -0.4 is 0 Å². The molecule has 0 spiro atoms. The van der Waals surface area contributed by atoms with Gasteiger partial charge in [-0.2, -0.15) is 13.2 Å². The highest BCUT2D eigenvalue weighted by atomic mass is 19.4. The molecule has 2 nitrogen and oxygen atoms in total. The van der Waals surface area contributed by atoms with Gasteiger partial charge in [0.05, 0.1) is 6.10 Å². The molecule has 0 amide bonds. The lowest BCUT2D eigenvalue weighted by Crippen LogP contribution is -2.09.